The second-order valence-corrected chi connectivity index (χ2v) is 8.42. The third kappa shape index (κ3) is 5.24. The number of nitrogens with two attached hydrogens (primary N) is 1. The van der Waals surface area contributed by atoms with Crippen LogP contribution in [-0.2, 0) is 17.8 Å². The summed E-state index contributed by atoms with van der Waals surface area (Å²) < 4.78 is 5.11. The predicted molar refractivity (Wildman–Crippen MR) is 123 cm³/mol. The molecule has 1 unspecified atom stereocenters. The molecule has 1 aliphatic rings. The number of rotatable bonds is 6. The number of primary amides is 1. The third-order valence-electron chi connectivity index (χ3n) is 4.98. The number of methoxy groups -OCH3 is 1. The van der Waals surface area contributed by atoms with Crippen LogP contribution in [0.3, 0.4) is 0 Å². The van der Waals surface area contributed by atoms with Crippen molar-refractivity contribution in [2.45, 2.75) is 19.9 Å². The standard InChI is InChI=1S/C21H24N4O3S2/c1-3-25-11-10-15-16(12-25)30-20(18(15)19(22)27)24-21(29)23-17(26)9-6-13-4-7-14(28-2)8-5-13/h4-9H,3,10-12H2,1-2H3,(H2,22,27)(H2,23,24,26,29)/p+1/b9-6+. The lowest BCUT2D eigenvalue weighted by Gasteiger charge is -2.22. The molecule has 0 aliphatic carbocycles. The SMILES string of the molecule is CC[NH+]1CCc2c(sc(NC(=S)NC(=O)/C=C/c3ccc(OC)cc3)c2C(N)=O)C1. The molecule has 1 aromatic carbocycles. The van der Waals surface area contributed by atoms with Gasteiger partial charge in [0.1, 0.15) is 17.3 Å². The Kier molecular flexibility index (Phi) is 7.20. The summed E-state index contributed by atoms with van der Waals surface area (Å²) in [4.78, 5) is 26.8. The molecular weight excluding hydrogens is 420 g/mol. The van der Waals surface area contributed by atoms with Gasteiger partial charge in [0.2, 0.25) is 5.91 Å². The van der Waals surface area contributed by atoms with Crippen molar-refractivity contribution in [3.8, 4) is 5.75 Å². The maximum atomic E-state index is 12.2. The molecule has 0 radical (unpaired) electrons. The molecule has 1 aliphatic heterocycles. The van der Waals surface area contributed by atoms with E-state index in [9.17, 15) is 9.59 Å². The van der Waals surface area contributed by atoms with Crippen LogP contribution < -0.4 is 26.0 Å². The Morgan fingerprint density at radius 3 is 2.70 bits per heavy atom. The van der Waals surface area contributed by atoms with Gasteiger partial charge >= 0.3 is 0 Å². The minimum Gasteiger partial charge on any atom is -0.497 e. The molecule has 0 saturated heterocycles. The highest BCUT2D eigenvalue weighted by molar-refractivity contribution is 7.80. The summed E-state index contributed by atoms with van der Waals surface area (Å²) >= 11 is 6.74. The van der Waals surface area contributed by atoms with E-state index in [1.165, 1.54) is 22.3 Å². The van der Waals surface area contributed by atoms with Crippen LogP contribution in [0.1, 0.15) is 33.3 Å². The van der Waals surface area contributed by atoms with Crippen LogP contribution in [-0.4, -0.2) is 37.1 Å². The summed E-state index contributed by atoms with van der Waals surface area (Å²) in [6.07, 6.45) is 3.88. The van der Waals surface area contributed by atoms with Crippen molar-refractivity contribution >= 4 is 51.6 Å². The molecule has 0 bridgehead atoms. The number of ether oxygens (including phenoxy) is 1. The molecule has 0 fully saturated rings. The maximum Gasteiger partial charge on any atom is 0.252 e. The molecule has 2 aromatic rings. The first-order valence-corrected chi connectivity index (χ1v) is 10.9. The normalized spacial score (nSPS) is 15.5. The van der Waals surface area contributed by atoms with Crippen LogP contribution in [0.2, 0.25) is 0 Å². The van der Waals surface area contributed by atoms with Crippen LogP contribution in [0.25, 0.3) is 6.08 Å². The number of thiophene rings is 1. The largest absolute Gasteiger partial charge is 0.497 e. The quantitative estimate of drug-likeness (QED) is 0.397. The number of carbonyl (C=O) groups is 2. The lowest BCUT2D eigenvalue weighted by atomic mass is 10.0. The summed E-state index contributed by atoms with van der Waals surface area (Å²) in [6.45, 7) is 5.01. The van der Waals surface area contributed by atoms with E-state index in [0.717, 1.165) is 47.8 Å². The van der Waals surface area contributed by atoms with Gasteiger partial charge in [-0.2, -0.15) is 0 Å². The predicted octanol–water partition coefficient (Wildman–Crippen LogP) is 1.34. The number of quaternary nitrogens is 1. The van der Waals surface area contributed by atoms with Gasteiger partial charge < -0.3 is 20.7 Å². The molecule has 9 heteroatoms. The highest BCUT2D eigenvalue weighted by Gasteiger charge is 2.28. The number of thiocarbonyl (C=S) groups is 1. The highest BCUT2D eigenvalue weighted by Crippen LogP contribution is 2.34. The fourth-order valence-electron chi connectivity index (χ4n) is 3.36. The van der Waals surface area contributed by atoms with Crippen LogP contribution in [0, 0.1) is 0 Å². The number of carbonyl (C=O) groups excluding carboxylic acids is 2. The van der Waals surface area contributed by atoms with Crippen molar-refractivity contribution in [1.82, 2.24) is 5.32 Å². The summed E-state index contributed by atoms with van der Waals surface area (Å²) in [7, 11) is 1.60. The molecule has 0 saturated carbocycles. The molecule has 2 amide bonds. The van der Waals surface area contributed by atoms with Crippen molar-refractivity contribution in [2.75, 3.05) is 25.5 Å². The fourth-order valence-corrected chi connectivity index (χ4v) is 4.96. The fraction of sp³-hybridized carbons (Fsp3) is 0.286. The van der Waals surface area contributed by atoms with E-state index in [-0.39, 0.29) is 11.0 Å². The average molecular weight is 446 g/mol. The van der Waals surface area contributed by atoms with E-state index in [1.807, 2.05) is 24.3 Å². The van der Waals surface area contributed by atoms with Crippen LogP contribution in [0.5, 0.6) is 5.75 Å². The summed E-state index contributed by atoms with van der Waals surface area (Å²) in [6, 6.07) is 7.32. The first-order chi connectivity index (χ1) is 14.4. The molecule has 3 rings (SSSR count). The number of nitrogens with one attached hydrogen (secondary N) is 3. The third-order valence-corrected chi connectivity index (χ3v) is 6.33. The first kappa shape index (κ1) is 21.9. The van der Waals surface area contributed by atoms with Gasteiger partial charge in [-0.25, -0.2) is 0 Å². The smallest absolute Gasteiger partial charge is 0.252 e. The van der Waals surface area contributed by atoms with E-state index in [2.05, 4.69) is 17.6 Å². The number of amides is 2. The molecule has 5 N–H and O–H groups in total. The monoisotopic (exact) mass is 445 g/mol. The molecule has 1 aromatic heterocycles. The highest BCUT2D eigenvalue weighted by atomic mass is 32.1. The van der Waals surface area contributed by atoms with E-state index < -0.39 is 5.91 Å². The zero-order valence-corrected chi connectivity index (χ0v) is 18.5. The number of benzene rings is 1. The topological polar surface area (TPSA) is 97.9 Å². The molecule has 7 nitrogen and oxygen atoms in total. The van der Waals surface area contributed by atoms with Crippen molar-refractivity contribution < 1.29 is 19.2 Å². The Morgan fingerprint density at radius 2 is 2.07 bits per heavy atom. The number of anilines is 1. The Morgan fingerprint density at radius 1 is 1.33 bits per heavy atom. The van der Waals surface area contributed by atoms with Crippen molar-refractivity contribution in [2.24, 2.45) is 5.73 Å². The molecule has 1 atom stereocenters. The summed E-state index contributed by atoms with van der Waals surface area (Å²) in [5.41, 5.74) is 7.97. The average Bonchev–Trinajstić information content (AvgIpc) is 3.09. The van der Waals surface area contributed by atoms with Gasteiger partial charge in [-0.05, 0) is 48.5 Å². The van der Waals surface area contributed by atoms with Gasteiger partial charge in [0.15, 0.2) is 5.11 Å². The summed E-state index contributed by atoms with van der Waals surface area (Å²) in [5, 5.41) is 6.31. The van der Waals surface area contributed by atoms with Crippen molar-refractivity contribution in [3.05, 3.63) is 51.9 Å². The van der Waals surface area contributed by atoms with Crippen LogP contribution in [0.4, 0.5) is 5.00 Å². The number of likely N-dealkylation sites (N-methyl/N-ethyl adjacent to an activating group) is 1. The lowest BCUT2D eigenvalue weighted by molar-refractivity contribution is -0.913. The van der Waals surface area contributed by atoms with Gasteiger partial charge in [0, 0.05) is 12.5 Å². The molecule has 0 spiro atoms. The van der Waals surface area contributed by atoms with Gasteiger partial charge in [0.25, 0.3) is 5.91 Å². The number of hydrogen-bond acceptors (Lipinski definition) is 5. The zero-order valence-electron chi connectivity index (χ0n) is 16.9. The number of fused-ring (bicyclic) bond motifs is 1. The first-order valence-electron chi connectivity index (χ1n) is 9.63. The van der Waals surface area contributed by atoms with Gasteiger partial charge in [-0.3, -0.25) is 14.9 Å². The van der Waals surface area contributed by atoms with E-state index in [1.54, 1.807) is 13.2 Å². The number of hydrogen-bond donors (Lipinski definition) is 4. The van der Waals surface area contributed by atoms with Crippen LogP contribution in [0.15, 0.2) is 30.3 Å². The van der Waals surface area contributed by atoms with Crippen LogP contribution >= 0.6 is 23.6 Å². The molecule has 30 heavy (non-hydrogen) atoms. The van der Waals surface area contributed by atoms with Crippen molar-refractivity contribution in [1.29, 1.82) is 0 Å². The molecular formula is C21H25N4O3S2+. The van der Waals surface area contributed by atoms with Gasteiger partial charge in [-0.1, -0.05) is 12.1 Å². The van der Waals surface area contributed by atoms with Crippen molar-refractivity contribution in [3.63, 3.8) is 0 Å². The second-order valence-electron chi connectivity index (χ2n) is 6.90. The minimum absolute atomic E-state index is 0.125. The van der Waals surface area contributed by atoms with Gasteiger partial charge in [0.05, 0.1) is 30.6 Å². The lowest BCUT2D eigenvalue weighted by Crippen LogP contribution is -3.11. The van der Waals surface area contributed by atoms with E-state index >= 15 is 0 Å². The minimum atomic E-state index is -0.483. The van der Waals surface area contributed by atoms with Gasteiger partial charge in [-0.15, -0.1) is 11.3 Å². The van der Waals surface area contributed by atoms with E-state index in [0.29, 0.717) is 10.6 Å². The Bertz CT molecular complexity index is 983. The Hall–Kier alpha value is -2.75. The second kappa shape index (κ2) is 9.84. The Balaban J connectivity index is 1.65. The summed E-state index contributed by atoms with van der Waals surface area (Å²) in [5.74, 6) is -0.107. The van der Waals surface area contributed by atoms with E-state index in [4.69, 9.17) is 22.7 Å². The Labute approximate surface area is 184 Å². The molecule has 2 heterocycles. The maximum absolute atomic E-state index is 12.2. The zero-order chi connectivity index (χ0) is 21.7. The molecule has 158 valence electrons.